The monoisotopic (exact) mass is 1480 g/mol. The van der Waals surface area contributed by atoms with Crippen LogP contribution in [0, 0.1) is 0 Å². The van der Waals surface area contributed by atoms with Crippen LogP contribution in [0.3, 0.4) is 0 Å². The van der Waals surface area contributed by atoms with Crippen LogP contribution in [0.4, 0.5) is 0 Å². The standard InChI is InChI=1S/C54H92O46/c55-1-10-19(63)21(65)31(75)48(86-10)95-41-14(5-59)89-51(34(78)25(41)69)98-44-17(8-62)91-52(36(80)27(44)71)99-43-16(7-61)90-50(35(79)26(43)70)97-40-13(4-58)88-47(33(77)24(40)68)84-9-18-45(29(73)38(82)54(93-18)94-39-12(3-57)85-46(83)30(74)23(39)67)100-53-37(81)28(72)42(15(6-60)92-53)96-49-32(76)22(66)20(64)11(2-56)87-49/h10-83H,1-9H2/t10-,11-,12-,13-,14-,15-,16-,17-,18-,19-,20-,21+,22+,23-,24-,25-,26-,27-,28-,29-,30-,31-,32-,33-,34-,35-,36-,37-,38-,39-,40-,41-,42-,43-,44-,45-,46+,47+,48-,49-,50-,51-,52-,53-,54-/m1/s1. The van der Waals surface area contributed by atoms with Crippen molar-refractivity contribution in [2.24, 2.45) is 0 Å². The highest BCUT2D eigenvalue weighted by Gasteiger charge is 2.60. The summed E-state index contributed by atoms with van der Waals surface area (Å²) in [4.78, 5) is 0. The smallest absolute Gasteiger partial charge is 0.187 e. The summed E-state index contributed by atoms with van der Waals surface area (Å²) in [7, 11) is 0. The third-order valence-corrected chi connectivity index (χ3v) is 18.7. The Kier molecular flexibility index (Phi) is 29.2. The fourth-order valence-electron chi connectivity index (χ4n) is 12.9. The molecule has 29 N–H and O–H groups in total. The molecule has 0 aromatic rings. The molecule has 9 saturated heterocycles. The van der Waals surface area contributed by atoms with E-state index in [-0.39, 0.29) is 0 Å². The minimum atomic E-state index is -2.33. The van der Waals surface area contributed by atoms with Gasteiger partial charge in [0.05, 0.1) is 59.5 Å². The van der Waals surface area contributed by atoms with E-state index in [2.05, 4.69) is 0 Å². The third-order valence-electron chi connectivity index (χ3n) is 18.7. The molecule has 0 aliphatic carbocycles. The number of aliphatic hydroxyl groups is 29. The van der Waals surface area contributed by atoms with Gasteiger partial charge in [0, 0.05) is 0 Å². The lowest BCUT2D eigenvalue weighted by molar-refractivity contribution is -0.396. The van der Waals surface area contributed by atoms with Gasteiger partial charge in [-0.2, -0.15) is 0 Å². The van der Waals surface area contributed by atoms with Crippen LogP contribution in [0.1, 0.15) is 0 Å². The van der Waals surface area contributed by atoms with Gasteiger partial charge in [0.1, 0.15) is 220 Å². The van der Waals surface area contributed by atoms with Crippen molar-refractivity contribution in [3.63, 3.8) is 0 Å². The zero-order chi connectivity index (χ0) is 73.4. The first-order valence-electron chi connectivity index (χ1n) is 31.7. The fraction of sp³-hybridized carbons (Fsp3) is 1.00. The van der Waals surface area contributed by atoms with Crippen LogP contribution < -0.4 is 0 Å². The fourth-order valence-corrected chi connectivity index (χ4v) is 12.9. The van der Waals surface area contributed by atoms with Crippen LogP contribution >= 0.6 is 0 Å². The molecule has 0 radical (unpaired) electrons. The van der Waals surface area contributed by atoms with Crippen molar-refractivity contribution < 1.29 is 229 Å². The zero-order valence-corrected chi connectivity index (χ0v) is 52.3. The quantitative estimate of drug-likeness (QED) is 0.0404. The second kappa shape index (κ2) is 35.5. The molecule has 9 aliphatic heterocycles. The number of aliphatic hydroxyl groups excluding tert-OH is 29. The zero-order valence-electron chi connectivity index (χ0n) is 52.3. The van der Waals surface area contributed by atoms with Gasteiger partial charge in [-0.15, -0.1) is 0 Å². The third kappa shape index (κ3) is 16.9. The molecule has 0 amide bonds. The van der Waals surface area contributed by atoms with Crippen LogP contribution in [-0.4, -0.2) is 484 Å². The van der Waals surface area contributed by atoms with Crippen molar-refractivity contribution in [2.45, 2.75) is 276 Å². The van der Waals surface area contributed by atoms with E-state index < -0.39 is 336 Å². The number of ether oxygens (including phenoxy) is 17. The molecule has 0 bridgehead atoms. The van der Waals surface area contributed by atoms with Crippen LogP contribution in [0.25, 0.3) is 0 Å². The highest BCUT2D eigenvalue weighted by molar-refractivity contribution is 5.02. The first-order chi connectivity index (χ1) is 47.4. The summed E-state index contributed by atoms with van der Waals surface area (Å²) in [6, 6.07) is 0. The first kappa shape index (κ1) is 82.2. The summed E-state index contributed by atoms with van der Waals surface area (Å²) in [6.45, 7) is -9.30. The number of hydrogen-bond donors (Lipinski definition) is 29. The Labute approximate surface area is 563 Å². The van der Waals surface area contributed by atoms with Crippen molar-refractivity contribution in [1.29, 1.82) is 0 Å². The number of hydrogen-bond acceptors (Lipinski definition) is 46. The topological polar surface area (TPSA) is 744 Å². The van der Waals surface area contributed by atoms with Crippen molar-refractivity contribution >= 4 is 0 Å². The van der Waals surface area contributed by atoms with Gasteiger partial charge in [-0.05, 0) is 0 Å². The highest BCUT2D eigenvalue weighted by Crippen LogP contribution is 2.39. The predicted molar refractivity (Wildman–Crippen MR) is 297 cm³/mol. The van der Waals surface area contributed by atoms with Gasteiger partial charge in [0.2, 0.25) is 0 Å². The molecule has 9 heterocycles. The normalized spacial score (nSPS) is 53.7. The lowest BCUT2D eigenvalue weighted by Crippen LogP contribution is -2.68. The molecule has 9 rings (SSSR count). The van der Waals surface area contributed by atoms with E-state index in [9.17, 15) is 148 Å². The molecule has 584 valence electrons. The minimum absolute atomic E-state index is 0.868. The van der Waals surface area contributed by atoms with E-state index in [1.807, 2.05) is 0 Å². The Morgan fingerprint density at radius 3 is 0.600 bits per heavy atom. The van der Waals surface area contributed by atoms with E-state index >= 15 is 0 Å². The molecule has 46 heteroatoms. The van der Waals surface area contributed by atoms with Crippen molar-refractivity contribution in [3.05, 3.63) is 0 Å². The lowest BCUT2D eigenvalue weighted by atomic mass is 9.95. The van der Waals surface area contributed by atoms with Crippen molar-refractivity contribution in [3.8, 4) is 0 Å². The maximum atomic E-state index is 11.7. The van der Waals surface area contributed by atoms with E-state index in [4.69, 9.17) is 80.5 Å². The first-order valence-corrected chi connectivity index (χ1v) is 31.7. The lowest BCUT2D eigenvalue weighted by Gasteiger charge is -2.50. The van der Waals surface area contributed by atoms with Crippen LogP contribution in [0.2, 0.25) is 0 Å². The second-order valence-corrected chi connectivity index (χ2v) is 25.2. The van der Waals surface area contributed by atoms with Crippen molar-refractivity contribution in [1.82, 2.24) is 0 Å². The average molecular weight is 1480 g/mol. The van der Waals surface area contributed by atoms with E-state index in [1.54, 1.807) is 0 Å². The molecule has 0 saturated carbocycles. The summed E-state index contributed by atoms with van der Waals surface area (Å²) in [5.74, 6) is 0. The highest BCUT2D eigenvalue weighted by atomic mass is 16.8. The predicted octanol–water partition coefficient (Wildman–Crippen LogP) is -20.6. The molecule has 9 fully saturated rings. The van der Waals surface area contributed by atoms with Crippen LogP contribution in [-0.2, 0) is 80.5 Å². The van der Waals surface area contributed by atoms with Gasteiger partial charge in [-0.1, -0.05) is 0 Å². The maximum Gasteiger partial charge on any atom is 0.187 e. The average Bonchev–Trinajstić information content (AvgIpc) is 0.779. The van der Waals surface area contributed by atoms with E-state index in [1.165, 1.54) is 0 Å². The number of rotatable bonds is 25. The van der Waals surface area contributed by atoms with Gasteiger partial charge in [-0.3, -0.25) is 0 Å². The molecular weight excluding hydrogens is 1380 g/mol. The molecule has 0 aromatic carbocycles. The molecule has 46 nitrogen and oxygen atoms in total. The Bertz CT molecular complexity index is 2440. The largest absolute Gasteiger partial charge is 0.394 e. The molecule has 0 aromatic heterocycles. The Hall–Kier alpha value is -1.84. The molecule has 100 heavy (non-hydrogen) atoms. The van der Waals surface area contributed by atoms with Gasteiger partial charge in [-0.25, -0.2) is 0 Å². The minimum Gasteiger partial charge on any atom is -0.394 e. The summed E-state index contributed by atoms with van der Waals surface area (Å²) in [5.41, 5.74) is 0. The van der Waals surface area contributed by atoms with E-state index in [0.29, 0.717) is 0 Å². The van der Waals surface area contributed by atoms with Gasteiger partial charge >= 0.3 is 0 Å². The Morgan fingerprint density at radius 1 is 0.170 bits per heavy atom. The van der Waals surface area contributed by atoms with Crippen LogP contribution in [0.15, 0.2) is 0 Å². The Morgan fingerprint density at radius 2 is 0.350 bits per heavy atom. The summed E-state index contributed by atoms with van der Waals surface area (Å²) < 4.78 is 95.6. The SMILES string of the molecule is OC[C@H]1O[C@H](O[C@H]2[C@H](O)[C@@H](O)[C@@H](O[C@H]3[C@H](O)[C@@H](O)[C@@H](O[C@H]4[C@H](O)[C@@H](O)[C@@H](O)O[C@@H]4CO)O[C@@H]3CO[C@H]3O[C@H](CO)[C@@H](O[C@H]4O[C@H](CO)[C@@H](O[C@H]5O[C@H](CO)[C@@H](O[C@H]6O[C@H](CO)[C@@H](O[C@H]7O[C@H](CO)[C@@H](O)[C@H](O)[C@H]7O)[C@H](O)[C@H]6O)[C@H](O)[C@H]5O)[C@H](O)[C@H]4O)[C@H](O)[C@H]3O)O[C@@H]2CO)[C@H](O)[C@@H](O)[C@@H]1O. The maximum absolute atomic E-state index is 11.7. The van der Waals surface area contributed by atoms with E-state index in [0.717, 1.165) is 0 Å². The second-order valence-electron chi connectivity index (χ2n) is 25.2. The van der Waals surface area contributed by atoms with Crippen molar-refractivity contribution in [2.75, 3.05) is 59.5 Å². The van der Waals surface area contributed by atoms with Gasteiger partial charge < -0.3 is 229 Å². The molecule has 9 aliphatic rings. The van der Waals surface area contributed by atoms with Gasteiger partial charge in [0.15, 0.2) is 56.6 Å². The van der Waals surface area contributed by atoms with Crippen LogP contribution in [0.5, 0.6) is 0 Å². The summed E-state index contributed by atoms with van der Waals surface area (Å²) >= 11 is 0. The summed E-state index contributed by atoms with van der Waals surface area (Å²) in [5, 5.41) is 311. The molecule has 45 atom stereocenters. The Balaban J connectivity index is 0.841. The summed E-state index contributed by atoms with van der Waals surface area (Å²) in [6.07, 6.45) is -90.7. The molecule has 0 spiro atoms. The molecular formula is C54H92O46. The van der Waals surface area contributed by atoms with Gasteiger partial charge in [0.25, 0.3) is 0 Å². The molecule has 0 unspecified atom stereocenters.